The van der Waals surface area contributed by atoms with E-state index in [4.69, 9.17) is 0 Å². The maximum absolute atomic E-state index is 11.4. The average molecular weight is 236 g/mol. The number of nitrogens with zero attached hydrogens (tertiary/aromatic N) is 2. The second-order valence-corrected chi connectivity index (χ2v) is 3.49. The summed E-state index contributed by atoms with van der Waals surface area (Å²) in [6.07, 6.45) is 2.15. The van der Waals surface area contributed by atoms with Crippen LogP contribution in [-0.4, -0.2) is 35.5 Å². The van der Waals surface area contributed by atoms with Crippen LogP contribution in [0.15, 0.2) is 4.99 Å². The molecule has 4 N–H and O–H groups in total. The van der Waals surface area contributed by atoms with E-state index in [-0.39, 0.29) is 6.67 Å². The van der Waals surface area contributed by atoms with Crippen molar-refractivity contribution in [2.45, 2.75) is 13.0 Å². The zero-order valence-corrected chi connectivity index (χ0v) is 9.04. The lowest BCUT2D eigenvalue weighted by Gasteiger charge is -2.12. The van der Waals surface area contributed by atoms with Crippen molar-refractivity contribution in [3.8, 4) is 0 Å². The molecule has 1 aliphatic rings. The van der Waals surface area contributed by atoms with Crippen molar-refractivity contribution < 1.29 is 9.59 Å². The average Bonchev–Trinajstić information content (AvgIpc) is 2.73. The van der Waals surface area contributed by atoms with Crippen LogP contribution in [0.2, 0.25) is 0 Å². The number of carbonyl (C=O) groups excluding carboxylic acids is 2. The van der Waals surface area contributed by atoms with Gasteiger partial charge >= 0.3 is 6.03 Å². The minimum absolute atomic E-state index is 0.0937. The van der Waals surface area contributed by atoms with Crippen LogP contribution in [-0.2, 0) is 17.8 Å². The molecule has 1 aromatic rings. The molecule has 0 saturated carbocycles. The first-order chi connectivity index (χ1) is 8.31. The Kier molecular flexibility index (Phi) is 3.49. The van der Waals surface area contributed by atoms with Crippen LogP contribution in [0, 0.1) is 0 Å². The highest BCUT2D eigenvalue weighted by Crippen LogP contribution is 2.19. The van der Waals surface area contributed by atoms with Crippen LogP contribution < -0.4 is 16.0 Å². The Morgan fingerprint density at radius 2 is 2.47 bits per heavy atom. The first kappa shape index (κ1) is 11.3. The molecular formula is C9H12N6O2. The van der Waals surface area contributed by atoms with E-state index in [0.29, 0.717) is 5.82 Å². The number of hydrogen-bond donors (Lipinski definition) is 4. The summed E-state index contributed by atoms with van der Waals surface area (Å²) in [7, 11) is 0. The van der Waals surface area contributed by atoms with Gasteiger partial charge in [-0.1, -0.05) is 0 Å². The van der Waals surface area contributed by atoms with Crippen molar-refractivity contribution in [2.24, 2.45) is 4.99 Å². The fourth-order valence-corrected chi connectivity index (χ4v) is 1.64. The number of amides is 2. The molecule has 2 rings (SSSR count). The molecule has 0 radical (unpaired) electrons. The number of aromatic amines is 1. The van der Waals surface area contributed by atoms with Crippen LogP contribution in [0.25, 0.3) is 0 Å². The van der Waals surface area contributed by atoms with Crippen molar-refractivity contribution >= 4 is 17.9 Å². The smallest absolute Gasteiger partial charge is 0.318 e. The monoisotopic (exact) mass is 236 g/mol. The highest BCUT2D eigenvalue weighted by molar-refractivity contribution is 5.89. The molecule has 2 heterocycles. The van der Waals surface area contributed by atoms with E-state index in [1.54, 1.807) is 0 Å². The number of aliphatic imine (C=N–C) groups is 1. The molecule has 2 amide bonds. The zero-order valence-electron chi connectivity index (χ0n) is 9.04. The topological polar surface area (TPSA) is 111 Å². The number of rotatable bonds is 3. The molecule has 0 saturated heterocycles. The van der Waals surface area contributed by atoms with Gasteiger partial charge in [-0.05, 0) is 13.0 Å². The van der Waals surface area contributed by atoms with Crippen molar-refractivity contribution in [1.29, 1.82) is 0 Å². The van der Waals surface area contributed by atoms with Crippen molar-refractivity contribution in [1.82, 2.24) is 20.8 Å². The number of H-pyrrole nitrogens is 1. The molecule has 90 valence electrons. The van der Waals surface area contributed by atoms with Gasteiger partial charge < -0.3 is 10.6 Å². The molecule has 0 fully saturated rings. The predicted molar refractivity (Wildman–Crippen MR) is 59.1 cm³/mol. The summed E-state index contributed by atoms with van der Waals surface area (Å²) in [6.45, 7) is 1.49. The minimum atomic E-state index is -0.447. The van der Waals surface area contributed by atoms with Crippen LogP contribution in [0.4, 0.5) is 10.6 Å². The van der Waals surface area contributed by atoms with E-state index < -0.39 is 6.03 Å². The molecule has 8 nitrogen and oxygen atoms in total. The summed E-state index contributed by atoms with van der Waals surface area (Å²) in [4.78, 5) is 24.4. The minimum Gasteiger partial charge on any atom is -0.318 e. The van der Waals surface area contributed by atoms with Gasteiger partial charge in [-0.2, -0.15) is 10.1 Å². The number of aromatic nitrogens is 2. The Morgan fingerprint density at radius 3 is 3.29 bits per heavy atom. The SMILES string of the molecule is O=C=NCNC(=O)Nc1n[nH]c2c1CCNC2. The van der Waals surface area contributed by atoms with Gasteiger partial charge in [0.05, 0.1) is 5.69 Å². The summed E-state index contributed by atoms with van der Waals surface area (Å²) in [6, 6.07) is -0.447. The summed E-state index contributed by atoms with van der Waals surface area (Å²) in [5.41, 5.74) is 2.00. The number of anilines is 1. The number of hydrogen-bond acceptors (Lipinski definition) is 5. The third-order valence-corrected chi connectivity index (χ3v) is 2.42. The fourth-order valence-electron chi connectivity index (χ4n) is 1.64. The van der Waals surface area contributed by atoms with Crippen molar-refractivity contribution in [3.05, 3.63) is 11.3 Å². The Labute approximate surface area is 96.9 Å². The Morgan fingerprint density at radius 1 is 1.59 bits per heavy atom. The predicted octanol–water partition coefficient (Wildman–Crippen LogP) is -0.530. The van der Waals surface area contributed by atoms with Gasteiger partial charge in [0.1, 0.15) is 6.67 Å². The van der Waals surface area contributed by atoms with E-state index in [9.17, 15) is 9.59 Å². The van der Waals surface area contributed by atoms with Crippen LogP contribution >= 0.6 is 0 Å². The molecule has 0 spiro atoms. The highest BCUT2D eigenvalue weighted by atomic mass is 16.2. The third-order valence-electron chi connectivity index (χ3n) is 2.42. The number of nitrogens with one attached hydrogen (secondary N) is 4. The number of urea groups is 1. The van der Waals surface area contributed by atoms with Crippen LogP contribution in [0.5, 0.6) is 0 Å². The van der Waals surface area contributed by atoms with Gasteiger partial charge in [0.25, 0.3) is 0 Å². The fraction of sp³-hybridized carbons (Fsp3) is 0.444. The zero-order chi connectivity index (χ0) is 12.1. The molecule has 1 aromatic heterocycles. The Hall–Kier alpha value is -2.18. The largest absolute Gasteiger partial charge is 0.321 e. The second-order valence-electron chi connectivity index (χ2n) is 3.49. The maximum Gasteiger partial charge on any atom is 0.321 e. The van der Waals surface area contributed by atoms with Crippen LogP contribution in [0.1, 0.15) is 11.3 Å². The summed E-state index contributed by atoms with van der Waals surface area (Å²) in [5, 5.41) is 15.0. The lowest BCUT2D eigenvalue weighted by molar-refractivity contribution is 0.252. The summed E-state index contributed by atoms with van der Waals surface area (Å²) >= 11 is 0. The van der Waals surface area contributed by atoms with Gasteiger partial charge in [-0.25, -0.2) is 9.59 Å². The van der Waals surface area contributed by atoms with E-state index in [2.05, 4.69) is 31.1 Å². The van der Waals surface area contributed by atoms with Gasteiger partial charge in [0.15, 0.2) is 5.82 Å². The molecule has 0 bridgehead atoms. The molecule has 8 heteroatoms. The number of isocyanates is 1. The second kappa shape index (κ2) is 5.24. The highest BCUT2D eigenvalue weighted by Gasteiger charge is 2.17. The van der Waals surface area contributed by atoms with E-state index in [1.165, 1.54) is 6.08 Å². The normalized spacial score (nSPS) is 13.4. The van der Waals surface area contributed by atoms with Crippen molar-refractivity contribution in [2.75, 3.05) is 18.5 Å². The number of fused-ring (bicyclic) bond motifs is 1. The Bertz CT molecular complexity index is 462. The third kappa shape index (κ3) is 2.68. The standard InChI is InChI=1S/C9H12N6O2/c16-5-11-4-12-9(17)13-8-6-1-2-10-3-7(6)14-15-8/h10H,1-4H2,(H3,12,13,14,15,17). The van der Waals surface area contributed by atoms with Gasteiger partial charge in [0, 0.05) is 12.1 Å². The summed E-state index contributed by atoms with van der Waals surface area (Å²) in [5.74, 6) is 0.522. The van der Waals surface area contributed by atoms with Gasteiger partial charge in [-0.3, -0.25) is 10.4 Å². The quantitative estimate of drug-likeness (QED) is 0.417. The van der Waals surface area contributed by atoms with Gasteiger partial charge in [0.2, 0.25) is 6.08 Å². The Balaban J connectivity index is 1.96. The van der Waals surface area contributed by atoms with E-state index in [1.807, 2.05) is 0 Å². The maximum atomic E-state index is 11.4. The molecule has 0 aliphatic carbocycles. The molecule has 1 aliphatic heterocycles. The van der Waals surface area contributed by atoms with E-state index >= 15 is 0 Å². The molecule has 0 aromatic carbocycles. The first-order valence-corrected chi connectivity index (χ1v) is 5.16. The molecule has 0 atom stereocenters. The lowest BCUT2D eigenvalue weighted by Crippen LogP contribution is -2.30. The van der Waals surface area contributed by atoms with Crippen LogP contribution in [0.3, 0.4) is 0 Å². The first-order valence-electron chi connectivity index (χ1n) is 5.16. The van der Waals surface area contributed by atoms with Gasteiger partial charge in [-0.15, -0.1) is 0 Å². The molecule has 17 heavy (non-hydrogen) atoms. The van der Waals surface area contributed by atoms with Crippen molar-refractivity contribution in [3.63, 3.8) is 0 Å². The number of carbonyl (C=O) groups is 1. The molecular weight excluding hydrogens is 224 g/mol. The lowest BCUT2D eigenvalue weighted by atomic mass is 10.1. The summed E-state index contributed by atoms with van der Waals surface area (Å²) < 4.78 is 0. The van der Waals surface area contributed by atoms with E-state index in [0.717, 1.165) is 30.8 Å². The molecule has 0 unspecified atom stereocenters.